The van der Waals surface area contributed by atoms with Crippen molar-refractivity contribution in [3.05, 3.63) is 102 Å². The number of pyridine rings is 1. The maximum Gasteiger partial charge on any atom is 0.126 e. The molecule has 0 unspecified atom stereocenters. The number of rotatable bonds is 2. The molecule has 146 valence electrons. The van der Waals surface area contributed by atoms with Crippen LogP contribution in [0.3, 0.4) is 0 Å². The second-order valence-corrected chi connectivity index (χ2v) is 7.12. The lowest BCUT2D eigenvalue weighted by Gasteiger charge is -2.08. The van der Waals surface area contributed by atoms with E-state index in [4.69, 9.17) is 0 Å². The van der Waals surface area contributed by atoms with E-state index in [1.165, 1.54) is 24.3 Å². The van der Waals surface area contributed by atoms with Gasteiger partial charge in [0.05, 0.1) is 11.0 Å². The Kier molecular flexibility index (Phi) is 4.24. The van der Waals surface area contributed by atoms with Gasteiger partial charge in [0.15, 0.2) is 0 Å². The first-order valence-corrected chi connectivity index (χ1v) is 9.22. The van der Waals surface area contributed by atoms with Crippen LogP contribution in [0.1, 0.15) is 0 Å². The van der Waals surface area contributed by atoms with Gasteiger partial charge in [0.1, 0.15) is 23.3 Å². The number of aromatic nitrogens is 1. The van der Waals surface area contributed by atoms with Crippen molar-refractivity contribution in [2.45, 2.75) is 0 Å². The summed E-state index contributed by atoms with van der Waals surface area (Å²) in [5, 5.41) is 1.57. The Balaban J connectivity index is 1.65. The molecule has 0 aliphatic rings. The van der Waals surface area contributed by atoms with Crippen molar-refractivity contribution in [1.82, 2.24) is 4.98 Å². The molecule has 0 saturated heterocycles. The Morgan fingerprint density at radius 1 is 0.400 bits per heavy atom. The Bertz CT molecular complexity index is 1300. The van der Waals surface area contributed by atoms with Gasteiger partial charge in [-0.1, -0.05) is 12.1 Å². The highest BCUT2D eigenvalue weighted by molar-refractivity contribution is 5.96. The maximum absolute atomic E-state index is 13.6. The molecule has 5 rings (SSSR count). The van der Waals surface area contributed by atoms with E-state index < -0.39 is 23.3 Å². The number of halogens is 4. The van der Waals surface area contributed by atoms with Gasteiger partial charge >= 0.3 is 0 Å². The summed E-state index contributed by atoms with van der Waals surface area (Å²) in [6.45, 7) is 0. The second kappa shape index (κ2) is 6.95. The molecule has 4 aromatic carbocycles. The van der Waals surface area contributed by atoms with Crippen molar-refractivity contribution >= 4 is 21.8 Å². The first-order chi connectivity index (χ1) is 14.4. The molecule has 0 spiro atoms. The summed E-state index contributed by atoms with van der Waals surface area (Å²) in [5.74, 6) is -2.58. The van der Waals surface area contributed by atoms with Crippen LogP contribution in [-0.4, -0.2) is 4.98 Å². The van der Waals surface area contributed by atoms with Crippen LogP contribution in [0.25, 0.3) is 44.1 Å². The highest BCUT2D eigenvalue weighted by atomic mass is 19.1. The van der Waals surface area contributed by atoms with Gasteiger partial charge in [-0.3, -0.25) is 0 Å². The Hall–Kier alpha value is -3.73. The minimum absolute atomic E-state index is 0.429. The van der Waals surface area contributed by atoms with Crippen molar-refractivity contribution in [3.8, 4) is 22.3 Å². The van der Waals surface area contributed by atoms with E-state index in [-0.39, 0.29) is 0 Å². The zero-order valence-electron chi connectivity index (χ0n) is 15.5. The summed E-state index contributed by atoms with van der Waals surface area (Å²) in [4.78, 5) is 4.62. The van der Waals surface area contributed by atoms with Crippen molar-refractivity contribution in [2.24, 2.45) is 0 Å². The molecule has 0 aliphatic carbocycles. The Morgan fingerprint density at radius 2 is 0.800 bits per heavy atom. The van der Waals surface area contributed by atoms with Gasteiger partial charge in [-0.2, -0.15) is 0 Å². The lowest BCUT2D eigenvalue weighted by molar-refractivity contribution is 0.583. The minimum Gasteiger partial charge on any atom is -0.248 e. The van der Waals surface area contributed by atoms with E-state index in [1.807, 2.05) is 18.2 Å². The number of fused-ring (bicyclic) bond motifs is 2. The molecule has 1 nitrogen and oxygen atoms in total. The molecule has 1 aromatic heterocycles. The molecule has 0 saturated carbocycles. The number of nitrogens with zero attached hydrogens (tertiary/aromatic N) is 1. The summed E-state index contributed by atoms with van der Waals surface area (Å²) < 4.78 is 54.4. The van der Waals surface area contributed by atoms with E-state index in [9.17, 15) is 17.6 Å². The standard InChI is InChI=1S/C25H13F4N/c26-20-8-16(9-21(27)12-20)14-1-3-24-18(5-14)7-19-6-15(2-4-25(19)30-24)17-10-22(28)13-23(29)11-17/h1-13H. The summed E-state index contributed by atoms with van der Waals surface area (Å²) in [6, 6.07) is 19.4. The SMILES string of the molecule is Fc1cc(F)cc(-c2ccc3nc4ccc(-c5cc(F)cc(F)c5)cc4cc3c2)c1. The van der Waals surface area contributed by atoms with Crippen LogP contribution in [0, 0.1) is 23.3 Å². The molecular formula is C25H13F4N. The third-order valence-corrected chi connectivity index (χ3v) is 5.00. The maximum atomic E-state index is 13.6. The van der Waals surface area contributed by atoms with Gasteiger partial charge in [-0.25, -0.2) is 22.5 Å². The van der Waals surface area contributed by atoms with Crippen LogP contribution < -0.4 is 0 Å². The molecule has 30 heavy (non-hydrogen) atoms. The predicted octanol–water partition coefficient (Wildman–Crippen LogP) is 7.28. The average molecular weight is 403 g/mol. The number of benzene rings is 4. The third kappa shape index (κ3) is 3.39. The van der Waals surface area contributed by atoms with Gasteiger partial charge < -0.3 is 0 Å². The van der Waals surface area contributed by atoms with Crippen LogP contribution in [0.2, 0.25) is 0 Å². The fraction of sp³-hybridized carbons (Fsp3) is 0. The van der Waals surface area contributed by atoms with E-state index in [1.54, 1.807) is 24.3 Å². The first kappa shape index (κ1) is 18.3. The highest BCUT2D eigenvalue weighted by Crippen LogP contribution is 2.30. The molecule has 0 bridgehead atoms. The van der Waals surface area contributed by atoms with E-state index >= 15 is 0 Å². The fourth-order valence-corrected chi connectivity index (χ4v) is 3.64. The predicted molar refractivity (Wildman–Crippen MR) is 110 cm³/mol. The van der Waals surface area contributed by atoms with Gasteiger partial charge in [0.2, 0.25) is 0 Å². The van der Waals surface area contributed by atoms with Crippen LogP contribution >= 0.6 is 0 Å². The topological polar surface area (TPSA) is 12.9 Å². The van der Waals surface area contributed by atoms with Crippen molar-refractivity contribution in [1.29, 1.82) is 0 Å². The van der Waals surface area contributed by atoms with Crippen molar-refractivity contribution in [3.63, 3.8) is 0 Å². The van der Waals surface area contributed by atoms with Crippen LogP contribution in [0.5, 0.6) is 0 Å². The van der Waals surface area contributed by atoms with Gasteiger partial charge in [-0.15, -0.1) is 0 Å². The monoisotopic (exact) mass is 403 g/mol. The smallest absolute Gasteiger partial charge is 0.126 e. The zero-order chi connectivity index (χ0) is 20.8. The molecule has 5 aromatic rings. The fourth-order valence-electron chi connectivity index (χ4n) is 3.64. The summed E-state index contributed by atoms with van der Waals surface area (Å²) in [6.07, 6.45) is 0. The minimum atomic E-state index is -0.645. The first-order valence-electron chi connectivity index (χ1n) is 9.22. The highest BCUT2D eigenvalue weighted by Gasteiger charge is 2.08. The normalized spacial score (nSPS) is 11.3. The summed E-state index contributed by atoms with van der Waals surface area (Å²) in [5.41, 5.74) is 3.63. The van der Waals surface area contributed by atoms with Gasteiger partial charge in [0, 0.05) is 22.9 Å². The molecular weight excluding hydrogens is 390 g/mol. The molecule has 5 heteroatoms. The average Bonchev–Trinajstić information content (AvgIpc) is 2.70. The molecule has 0 N–H and O–H groups in total. The third-order valence-electron chi connectivity index (χ3n) is 5.00. The van der Waals surface area contributed by atoms with E-state index in [2.05, 4.69) is 4.98 Å². The molecule has 0 radical (unpaired) electrons. The Morgan fingerprint density at radius 3 is 1.20 bits per heavy atom. The van der Waals surface area contributed by atoms with Gasteiger partial charge in [-0.05, 0) is 76.9 Å². The molecule has 1 heterocycles. The zero-order valence-corrected chi connectivity index (χ0v) is 15.5. The van der Waals surface area contributed by atoms with Crippen LogP contribution in [0.15, 0.2) is 78.9 Å². The Labute approximate surface area is 169 Å². The lowest BCUT2D eigenvalue weighted by Crippen LogP contribution is -1.88. The lowest BCUT2D eigenvalue weighted by atomic mass is 10.00. The summed E-state index contributed by atoms with van der Waals surface area (Å²) in [7, 11) is 0. The second-order valence-electron chi connectivity index (χ2n) is 7.12. The quantitative estimate of drug-likeness (QED) is 0.223. The van der Waals surface area contributed by atoms with E-state index in [0.717, 1.165) is 33.9 Å². The van der Waals surface area contributed by atoms with Crippen LogP contribution in [-0.2, 0) is 0 Å². The number of hydrogen-bond acceptors (Lipinski definition) is 1. The van der Waals surface area contributed by atoms with E-state index in [0.29, 0.717) is 22.3 Å². The summed E-state index contributed by atoms with van der Waals surface area (Å²) >= 11 is 0. The molecule has 0 atom stereocenters. The largest absolute Gasteiger partial charge is 0.248 e. The molecule has 0 amide bonds. The van der Waals surface area contributed by atoms with Crippen molar-refractivity contribution in [2.75, 3.05) is 0 Å². The number of hydrogen-bond donors (Lipinski definition) is 0. The van der Waals surface area contributed by atoms with Crippen molar-refractivity contribution < 1.29 is 17.6 Å². The molecule has 0 aliphatic heterocycles. The van der Waals surface area contributed by atoms with Crippen LogP contribution in [0.4, 0.5) is 17.6 Å². The van der Waals surface area contributed by atoms with Gasteiger partial charge in [0.25, 0.3) is 0 Å². The molecule has 0 fully saturated rings.